The molecule has 0 aromatic rings. The molecule has 14 heavy (non-hydrogen) atoms. The van der Waals surface area contributed by atoms with Crippen molar-refractivity contribution in [2.24, 2.45) is 0 Å². The highest BCUT2D eigenvalue weighted by Gasteiger charge is 2.25. The van der Waals surface area contributed by atoms with Crippen molar-refractivity contribution >= 4 is 10.0 Å². The van der Waals surface area contributed by atoms with Gasteiger partial charge in [0.25, 0.3) is 0 Å². The van der Waals surface area contributed by atoms with Crippen molar-refractivity contribution in [2.75, 3.05) is 26.5 Å². The predicted molar refractivity (Wildman–Crippen MR) is 57.8 cm³/mol. The molecule has 1 unspecified atom stereocenters. The summed E-state index contributed by atoms with van der Waals surface area (Å²) in [6, 6.07) is 0. The summed E-state index contributed by atoms with van der Waals surface area (Å²) < 4.78 is 28.8. The van der Waals surface area contributed by atoms with Gasteiger partial charge < -0.3 is 4.74 Å². The molecule has 1 aliphatic heterocycles. The number of sulfonamides is 1. The molecule has 0 amide bonds. The van der Waals surface area contributed by atoms with Gasteiger partial charge in [-0.3, -0.25) is 0 Å². The van der Waals surface area contributed by atoms with Gasteiger partial charge in [0.2, 0.25) is 10.0 Å². The highest BCUT2D eigenvalue weighted by molar-refractivity contribution is 7.88. The second-order valence-corrected chi connectivity index (χ2v) is 5.10. The van der Waals surface area contributed by atoms with Crippen molar-refractivity contribution in [1.82, 2.24) is 4.31 Å². The Kier molecular flexibility index (Phi) is 6.31. The quantitative estimate of drug-likeness (QED) is 0.704. The molecule has 1 heterocycles. The molecule has 0 spiro atoms. The molecular weight excluding hydrogens is 202 g/mol. The van der Waals surface area contributed by atoms with Crippen molar-refractivity contribution in [2.45, 2.75) is 32.8 Å². The SMILES string of the molecule is CC.COC1CCCN(S(C)(=O)=O)C1. The van der Waals surface area contributed by atoms with Crippen LogP contribution in [-0.4, -0.2) is 45.3 Å². The van der Waals surface area contributed by atoms with Crippen LogP contribution in [0.2, 0.25) is 0 Å². The van der Waals surface area contributed by atoms with E-state index in [4.69, 9.17) is 4.74 Å². The van der Waals surface area contributed by atoms with Gasteiger partial charge >= 0.3 is 0 Å². The molecule has 0 aromatic carbocycles. The summed E-state index contributed by atoms with van der Waals surface area (Å²) >= 11 is 0. The fourth-order valence-electron chi connectivity index (χ4n) is 1.40. The third-order valence-electron chi connectivity index (χ3n) is 2.14. The molecule has 1 aliphatic rings. The van der Waals surface area contributed by atoms with E-state index in [9.17, 15) is 8.42 Å². The zero-order chi connectivity index (χ0) is 11.2. The van der Waals surface area contributed by atoms with E-state index >= 15 is 0 Å². The monoisotopic (exact) mass is 223 g/mol. The van der Waals surface area contributed by atoms with E-state index < -0.39 is 10.0 Å². The molecule has 0 aliphatic carbocycles. The van der Waals surface area contributed by atoms with Crippen LogP contribution in [0, 0.1) is 0 Å². The minimum atomic E-state index is -3.02. The Morgan fingerprint density at radius 2 is 1.93 bits per heavy atom. The number of ether oxygens (including phenoxy) is 1. The van der Waals surface area contributed by atoms with Crippen molar-refractivity contribution < 1.29 is 13.2 Å². The fraction of sp³-hybridized carbons (Fsp3) is 1.00. The van der Waals surface area contributed by atoms with E-state index in [1.165, 1.54) is 10.6 Å². The van der Waals surface area contributed by atoms with Crippen LogP contribution >= 0.6 is 0 Å². The number of rotatable bonds is 2. The van der Waals surface area contributed by atoms with Gasteiger partial charge in [0.15, 0.2) is 0 Å². The molecule has 1 fully saturated rings. The molecule has 0 radical (unpaired) electrons. The third-order valence-corrected chi connectivity index (χ3v) is 3.41. The summed E-state index contributed by atoms with van der Waals surface area (Å²) in [7, 11) is -1.39. The maximum Gasteiger partial charge on any atom is 0.211 e. The third kappa shape index (κ3) is 4.39. The molecule has 0 aromatic heterocycles. The van der Waals surface area contributed by atoms with E-state index in [0.29, 0.717) is 13.1 Å². The molecule has 1 rings (SSSR count). The van der Waals surface area contributed by atoms with Gasteiger partial charge in [0, 0.05) is 20.2 Å². The van der Waals surface area contributed by atoms with Gasteiger partial charge in [-0.1, -0.05) is 13.8 Å². The van der Waals surface area contributed by atoms with Gasteiger partial charge in [-0.05, 0) is 12.8 Å². The molecule has 1 atom stereocenters. The maximum absolute atomic E-state index is 11.1. The molecule has 4 nitrogen and oxygen atoms in total. The van der Waals surface area contributed by atoms with Gasteiger partial charge in [-0.25, -0.2) is 8.42 Å². The number of hydrogen-bond donors (Lipinski definition) is 0. The zero-order valence-electron chi connectivity index (χ0n) is 9.49. The van der Waals surface area contributed by atoms with Crippen LogP contribution in [0.1, 0.15) is 26.7 Å². The Morgan fingerprint density at radius 1 is 1.36 bits per heavy atom. The molecule has 0 N–H and O–H groups in total. The normalized spacial score (nSPS) is 23.9. The summed E-state index contributed by atoms with van der Waals surface area (Å²) in [5.41, 5.74) is 0. The first-order chi connectivity index (χ1) is 6.54. The Hall–Kier alpha value is -0.130. The first kappa shape index (κ1) is 13.9. The van der Waals surface area contributed by atoms with Crippen molar-refractivity contribution in [3.8, 4) is 0 Å². The van der Waals surface area contributed by atoms with Crippen LogP contribution in [0.4, 0.5) is 0 Å². The largest absolute Gasteiger partial charge is 0.380 e. The van der Waals surface area contributed by atoms with E-state index in [2.05, 4.69) is 0 Å². The second-order valence-electron chi connectivity index (χ2n) is 3.12. The van der Waals surface area contributed by atoms with E-state index in [1.807, 2.05) is 13.8 Å². The highest BCUT2D eigenvalue weighted by atomic mass is 32.2. The Morgan fingerprint density at radius 3 is 2.36 bits per heavy atom. The highest BCUT2D eigenvalue weighted by Crippen LogP contribution is 2.14. The molecule has 5 heteroatoms. The van der Waals surface area contributed by atoms with Crippen LogP contribution in [0.5, 0.6) is 0 Å². The topological polar surface area (TPSA) is 46.6 Å². The van der Waals surface area contributed by atoms with Crippen molar-refractivity contribution in [1.29, 1.82) is 0 Å². The minimum Gasteiger partial charge on any atom is -0.380 e. The Bertz CT molecular complexity index is 238. The molecule has 0 bridgehead atoms. The van der Waals surface area contributed by atoms with Crippen LogP contribution in [0.15, 0.2) is 0 Å². The smallest absolute Gasteiger partial charge is 0.211 e. The standard InChI is InChI=1S/C7H15NO3S.C2H6/c1-11-7-4-3-5-8(6-7)12(2,9)10;1-2/h7H,3-6H2,1-2H3;1-2H3. The van der Waals surface area contributed by atoms with E-state index in [-0.39, 0.29) is 6.10 Å². The van der Waals surface area contributed by atoms with Crippen LogP contribution < -0.4 is 0 Å². The summed E-state index contributed by atoms with van der Waals surface area (Å²) in [6.45, 7) is 5.15. The summed E-state index contributed by atoms with van der Waals surface area (Å²) in [4.78, 5) is 0. The predicted octanol–water partition coefficient (Wildman–Crippen LogP) is 1.08. The summed E-state index contributed by atoms with van der Waals surface area (Å²) in [6.07, 6.45) is 3.17. The van der Waals surface area contributed by atoms with E-state index in [0.717, 1.165) is 12.8 Å². The Balaban J connectivity index is 0.000000791. The van der Waals surface area contributed by atoms with Gasteiger partial charge in [0.1, 0.15) is 0 Å². The number of piperidine rings is 1. The lowest BCUT2D eigenvalue weighted by atomic mass is 10.1. The van der Waals surface area contributed by atoms with Crippen molar-refractivity contribution in [3.63, 3.8) is 0 Å². The number of hydrogen-bond acceptors (Lipinski definition) is 3. The molecule has 1 saturated heterocycles. The van der Waals surface area contributed by atoms with Crippen LogP contribution in [0.3, 0.4) is 0 Å². The number of methoxy groups -OCH3 is 1. The lowest BCUT2D eigenvalue weighted by molar-refractivity contribution is 0.0574. The average molecular weight is 223 g/mol. The fourth-order valence-corrected chi connectivity index (χ4v) is 2.30. The van der Waals surface area contributed by atoms with Crippen molar-refractivity contribution in [3.05, 3.63) is 0 Å². The first-order valence-corrected chi connectivity index (χ1v) is 6.87. The summed E-state index contributed by atoms with van der Waals surface area (Å²) in [5.74, 6) is 0. The lowest BCUT2D eigenvalue weighted by Gasteiger charge is -2.29. The van der Waals surface area contributed by atoms with Gasteiger partial charge in [-0.2, -0.15) is 4.31 Å². The van der Waals surface area contributed by atoms with Crippen LogP contribution in [-0.2, 0) is 14.8 Å². The van der Waals surface area contributed by atoms with E-state index in [1.54, 1.807) is 7.11 Å². The molecule has 0 saturated carbocycles. The second kappa shape index (κ2) is 6.37. The minimum absolute atomic E-state index is 0.0773. The van der Waals surface area contributed by atoms with Gasteiger partial charge in [0.05, 0.1) is 12.4 Å². The average Bonchev–Trinajstić information content (AvgIpc) is 2.20. The number of nitrogens with zero attached hydrogens (tertiary/aromatic N) is 1. The molecule has 86 valence electrons. The maximum atomic E-state index is 11.1. The first-order valence-electron chi connectivity index (χ1n) is 5.02. The van der Waals surface area contributed by atoms with Gasteiger partial charge in [-0.15, -0.1) is 0 Å². The van der Waals surface area contributed by atoms with Crippen LogP contribution in [0.25, 0.3) is 0 Å². The zero-order valence-corrected chi connectivity index (χ0v) is 10.3. The Labute approximate surface area is 87.3 Å². The molecular formula is C9H21NO3S. The summed E-state index contributed by atoms with van der Waals surface area (Å²) in [5, 5.41) is 0. The lowest BCUT2D eigenvalue weighted by Crippen LogP contribution is -2.42.